The molecule has 7 heteroatoms. The molecule has 0 aliphatic rings. The van der Waals surface area contributed by atoms with Crippen LogP contribution >= 0.6 is 0 Å². The van der Waals surface area contributed by atoms with E-state index in [9.17, 15) is 4.79 Å². The molecule has 112 valence electrons. The number of aliphatic hydroxyl groups excluding tert-OH is 1. The number of hydrogen-bond donors (Lipinski definition) is 3. The first kappa shape index (κ1) is 15.0. The number of benzene rings is 1. The largest absolute Gasteiger partial charge is 0.396 e. The Morgan fingerprint density at radius 3 is 2.62 bits per heavy atom. The van der Waals surface area contributed by atoms with Crippen molar-refractivity contribution in [2.24, 2.45) is 0 Å². The van der Waals surface area contributed by atoms with Crippen LogP contribution in [0.4, 0.5) is 10.5 Å². The van der Waals surface area contributed by atoms with E-state index in [0.717, 1.165) is 5.69 Å². The first-order valence-corrected chi connectivity index (χ1v) is 6.67. The molecule has 7 nitrogen and oxygen atoms in total. The molecule has 21 heavy (non-hydrogen) atoms. The molecule has 2 rings (SSSR count). The molecule has 0 spiro atoms. The molecule has 0 saturated heterocycles. The van der Waals surface area contributed by atoms with Gasteiger partial charge in [-0.15, -0.1) is 5.10 Å². The van der Waals surface area contributed by atoms with Crippen molar-refractivity contribution in [3.63, 3.8) is 0 Å². The zero-order valence-corrected chi connectivity index (χ0v) is 12.1. The normalized spacial score (nSPS) is 11.2. The van der Waals surface area contributed by atoms with Crippen LogP contribution in [0.5, 0.6) is 0 Å². The summed E-state index contributed by atoms with van der Waals surface area (Å²) in [5, 5.41) is 22.1. The lowest BCUT2D eigenvalue weighted by Gasteiger charge is -2.25. The Morgan fingerprint density at radius 1 is 1.33 bits per heavy atom. The quantitative estimate of drug-likeness (QED) is 0.778. The number of anilines is 1. The Bertz CT molecular complexity index is 578. The van der Waals surface area contributed by atoms with Crippen molar-refractivity contribution >= 4 is 11.7 Å². The Morgan fingerprint density at radius 2 is 2.05 bits per heavy atom. The van der Waals surface area contributed by atoms with Gasteiger partial charge in [0.2, 0.25) is 0 Å². The maximum Gasteiger partial charge on any atom is 0.319 e. The Hall–Kier alpha value is -2.41. The highest BCUT2D eigenvalue weighted by molar-refractivity contribution is 5.89. The predicted molar refractivity (Wildman–Crippen MR) is 79.3 cm³/mol. The summed E-state index contributed by atoms with van der Waals surface area (Å²) < 4.78 is 1.63. The fourth-order valence-electron chi connectivity index (χ4n) is 1.86. The van der Waals surface area contributed by atoms with Crippen molar-refractivity contribution in [3.05, 3.63) is 36.7 Å². The molecule has 0 aliphatic carbocycles. The van der Waals surface area contributed by atoms with Gasteiger partial charge in [0.25, 0.3) is 0 Å². The van der Waals surface area contributed by atoms with Crippen molar-refractivity contribution < 1.29 is 9.90 Å². The van der Waals surface area contributed by atoms with Crippen molar-refractivity contribution in [3.8, 4) is 5.69 Å². The molecule has 0 saturated carbocycles. The summed E-state index contributed by atoms with van der Waals surface area (Å²) >= 11 is 0. The molecule has 2 amide bonds. The van der Waals surface area contributed by atoms with Crippen LogP contribution in [0.1, 0.15) is 20.3 Å². The first-order chi connectivity index (χ1) is 10.00. The van der Waals surface area contributed by atoms with Gasteiger partial charge in [0.05, 0.1) is 18.1 Å². The average molecular weight is 289 g/mol. The van der Waals surface area contributed by atoms with Crippen molar-refractivity contribution in [2.75, 3.05) is 11.9 Å². The van der Waals surface area contributed by atoms with Gasteiger partial charge in [0.15, 0.2) is 0 Å². The second-order valence-electron chi connectivity index (χ2n) is 5.33. The Balaban J connectivity index is 1.96. The number of rotatable bonds is 5. The highest BCUT2D eigenvalue weighted by atomic mass is 16.3. The standard InChI is InChI=1S/C14H19N5O2/c1-14(2,7-10-20)17-13(21)16-11-3-5-12(6-4-11)19-9-8-15-18-19/h3-6,8-9,20H,7,10H2,1-2H3,(H2,16,17,21). The Kier molecular flexibility index (Phi) is 4.54. The molecule has 0 atom stereocenters. The predicted octanol–water partition coefficient (Wildman–Crippen LogP) is 1.55. The molecule has 0 unspecified atom stereocenters. The highest BCUT2D eigenvalue weighted by Crippen LogP contribution is 2.13. The van der Waals surface area contributed by atoms with E-state index in [1.165, 1.54) is 0 Å². The van der Waals surface area contributed by atoms with Gasteiger partial charge in [0, 0.05) is 17.8 Å². The van der Waals surface area contributed by atoms with Gasteiger partial charge in [-0.05, 0) is 44.5 Å². The van der Waals surface area contributed by atoms with E-state index in [1.54, 1.807) is 29.2 Å². The molecule has 0 fully saturated rings. The van der Waals surface area contributed by atoms with Crippen LogP contribution in [0.25, 0.3) is 5.69 Å². The Labute approximate surface area is 123 Å². The summed E-state index contributed by atoms with van der Waals surface area (Å²) in [6.45, 7) is 3.74. The number of nitrogens with one attached hydrogen (secondary N) is 2. The van der Waals surface area contributed by atoms with Crippen LogP contribution in [0.3, 0.4) is 0 Å². The molecule has 1 aromatic heterocycles. The number of carbonyl (C=O) groups excluding carboxylic acids is 1. The van der Waals surface area contributed by atoms with E-state index in [-0.39, 0.29) is 12.6 Å². The summed E-state index contributed by atoms with van der Waals surface area (Å²) in [6, 6.07) is 6.94. The third kappa shape index (κ3) is 4.28. The highest BCUT2D eigenvalue weighted by Gasteiger charge is 2.19. The fourth-order valence-corrected chi connectivity index (χ4v) is 1.86. The number of urea groups is 1. The molecule has 3 N–H and O–H groups in total. The average Bonchev–Trinajstić information content (AvgIpc) is 2.92. The van der Waals surface area contributed by atoms with Gasteiger partial charge in [-0.1, -0.05) is 5.21 Å². The van der Waals surface area contributed by atoms with Gasteiger partial charge in [-0.25, -0.2) is 9.48 Å². The smallest absolute Gasteiger partial charge is 0.319 e. The lowest BCUT2D eigenvalue weighted by atomic mass is 10.0. The number of aromatic nitrogens is 3. The van der Waals surface area contributed by atoms with Gasteiger partial charge in [-0.3, -0.25) is 0 Å². The molecule has 0 radical (unpaired) electrons. The van der Waals surface area contributed by atoms with Gasteiger partial charge < -0.3 is 15.7 Å². The van der Waals surface area contributed by atoms with E-state index in [0.29, 0.717) is 12.1 Å². The molecular formula is C14H19N5O2. The zero-order chi connectivity index (χ0) is 15.3. The SMILES string of the molecule is CC(C)(CCO)NC(=O)Nc1ccc(-n2ccnn2)cc1. The second-order valence-corrected chi connectivity index (χ2v) is 5.33. The molecule has 1 heterocycles. The van der Waals surface area contributed by atoms with E-state index >= 15 is 0 Å². The number of amides is 2. The fraction of sp³-hybridized carbons (Fsp3) is 0.357. The molecular weight excluding hydrogens is 270 g/mol. The van der Waals surface area contributed by atoms with Crippen LogP contribution < -0.4 is 10.6 Å². The summed E-state index contributed by atoms with van der Waals surface area (Å²) in [7, 11) is 0. The number of hydrogen-bond acceptors (Lipinski definition) is 4. The van der Waals surface area contributed by atoms with E-state index in [1.807, 2.05) is 26.0 Å². The van der Waals surface area contributed by atoms with E-state index in [4.69, 9.17) is 5.11 Å². The third-order valence-corrected chi connectivity index (χ3v) is 3.00. The summed E-state index contributed by atoms with van der Waals surface area (Å²) in [5.41, 5.74) is 1.08. The molecule has 0 bridgehead atoms. The lowest BCUT2D eigenvalue weighted by Crippen LogP contribution is -2.46. The van der Waals surface area contributed by atoms with Crippen molar-refractivity contribution in [2.45, 2.75) is 25.8 Å². The summed E-state index contributed by atoms with van der Waals surface area (Å²) in [4.78, 5) is 11.9. The third-order valence-electron chi connectivity index (χ3n) is 3.00. The maximum absolute atomic E-state index is 11.9. The van der Waals surface area contributed by atoms with Crippen molar-refractivity contribution in [1.82, 2.24) is 20.3 Å². The minimum atomic E-state index is -0.459. The van der Waals surface area contributed by atoms with Crippen LogP contribution in [-0.4, -0.2) is 38.3 Å². The van der Waals surface area contributed by atoms with Crippen LogP contribution in [0.15, 0.2) is 36.7 Å². The first-order valence-electron chi connectivity index (χ1n) is 6.67. The topological polar surface area (TPSA) is 92.1 Å². The van der Waals surface area contributed by atoms with Gasteiger partial charge in [-0.2, -0.15) is 0 Å². The number of aliphatic hydroxyl groups is 1. The van der Waals surface area contributed by atoms with Gasteiger partial charge >= 0.3 is 6.03 Å². The molecule has 1 aromatic carbocycles. The van der Waals surface area contributed by atoms with Gasteiger partial charge in [0.1, 0.15) is 0 Å². The lowest BCUT2D eigenvalue weighted by molar-refractivity contribution is 0.218. The van der Waals surface area contributed by atoms with Crippen molar-refractivity contribution in [1.29, 1.82) is 0 Å². The summed E-state index contributed by atoms with van der Waals surface area (Å²) in [5.74, 6) is 0. The van der Waals surface area contributed by atoms with Crippen LogP contribution in [0, 0.1) is 0 Å². The van der Waals surface area contributed by atoms with Crippen LogP contribution in [-0.2, 0) is 0 Å². The molecule has 0 aliphatic heterocycles. The minimum Gasteiger partial charge on any atom is -0.396 e. The van der Waals surface area contributed by atoms with Crippen LogP contribution in [0.2, 0.25) is 0 Å². The second kappa shape index (κ2) is 6.36. The summed E-state index contributed by atoms with van der Waals surface area (Å²) in [6.07, 6.45) is 3.83. The van der Waals surface area contributed by atoms with E-state index in [2.05, 4.69) is 20.9 Å². The zero-order valence-electron chi connectivity index (χ0n) is 12.1. The maximum atomic E-state index is 11.9. The number of nitrogens with zero attached hydrogens (tertiary/aromatic N) is 3. The monoisotopic (exact) mass is 289 g/mol. The minimum absolute atomic E-state index is 0.0277. The number of carbonyl (C=O) groups is 1. The molecule has 2 aromatic rings. The van der Waals surface area contributed by atoms with E-state index < -0.39 is 5.54 Å².